The second kappa shape index (κ2) is 3.88. The molecular weight excluding hydrogens is 228 g/mol. The van der Waals surface area contributed by atoms with Crippen molar-refractivity contribution in [3.8, 4) is 0 Å². The molecule has 0 aliphatic heterocycles. The molecule has 0 aromatic heterocycles. The summed E-state index contributed by atoms with van der Waals surface area (Å²) in [7, 11) is 0. The molecule has 0 unspecified atom stereocenters. The minimum absolute atomic E-state index is 0.00981. The topological polar surface area (TPSA) is 17.1 Å². The van der Waals surface area contributed by atoms with Crippen LogP contribution in [-0.4, -0.2) is 5.78 Å². The molecule has 0 heterocycles. The maximum Gasteiger partial charge on any atom is 0.188 e. The maximum absolute atomic E-state index is 11.5. The molecule has 0 saturated heterocycles. The summed E-state index contributed by atoms with van der Waals surface area (Å²) in [6.07, 6.45) is 0. The van der Waals surface area contributed by atoms with E-state index >= 15 is 0 Å². The predicted molar refractivity (Wildman–Crippen MR) is 58.0 cm³/mol. The Morgan fingerprint density at radius 1 is 1.46 bits per heavy atom. The highest BCUT2D eigenvalue weighted by atomic mass is 79.9. The van der Waals surface area contributed by atoms with Gasteiger partial charge in [0.1, 0.15) is 0 Å². The van der Waals surface area contributed by atoms with E-state index in [1.54, 1.807) is 13.0 Å². The molecule has 0 N–H and O–H groups in total. The van der Waals surface area contributed by atoms with E-state index in [2.05, 4.69) is 22.5 Å². The Morgan fingerprint density at radius 2 is 2.08 bits per heavy atom. The molecule has 1 aromatic carbocycles. The van der Waals surface area contributed by atoms with Gasteiger partial charge in [0.15, 0.2) is 5.78 Å². The van der Waals surface area contributed by atoms with Crippen molar-refractivity contribution in [2.75, 3.05) is 0 Å². The number of hydrogen-bond acceptors (Lipinski definition) is 1. The average Bonchev–Trinajstić information content (AvgIpc) is 2.08. The number of halogens is 1. The minimum Gasteiger partial charge on any atom is -0.289 e. The van der Waals surface area contributed by atoms with Crippen molar-refractivity contribution in [3.63, 3.8) is 0 Å². The van der Waals surface area contributed by atoms with Crippen molar-refractivity contribution in [2.24, 2.45) is 0 Å². The summed E-state index contributed by atoms with van der Waals surface area (Å²) in [5.74, 6) is 0.00981. The summed E-state index contributed by atoms with van der Waals surface area (Å²) >= 11 is 3.38. The molecule has 0 aliphatic rings. The van der Waals surface area contributed by atoms with Crippen LogP contribution in [0.4, 0.5) is 0 Å². The van der Waals surface area contributed by atoms with Crippen LogP contribution in [0.25, 0.3) is 0 Å². The van der Waals surface area contributed by atoms with Gasteiger partial charge in [-0.25, -0.2) is 0 Å². The molecule has 1 aromatic rings. The summed E-state index contributed by atoms with van der Waals surface area (Å²) in [5, 5.41) is 0. The zero-order chi connectivity index (χ0) is 10.0. The van der Waals surface area contributed by atoms with Gasteiger partial charge in [0.25, 0.3) is 0 Å². The smallest absolute Gasteiger partial charge is 0.188 e. The fourth-order valence-electron chi connectivity index (χ4n) is 1.03. The number of hydrogen-bond donors (Lipinski definition) is 0. The number of Topliss-reactive ketones (excluding diaryl/α,β-unsaturated/α-hetero) is 1. The Bertz CT molecular complexity index is 366. The van der Waals surface area contributed by atoms with Gasteiger partial charge in [-0.2, -0.15) is 0 Å². The molecule has 2 heteroatoms. The molecular formula is C11H11BrO. The molecule has 0 fully saturated rings. The predicted octanol–water partition coefficient (Wildman–Crippen LogP) is 3.52. The van der Waals surface area contributed by atoms with Gasteiger partial charge in [-0.05, 0) is 43.2 Å². The average molecular weight is 239 g/mol. The molecule has 0 bridgehead atoms. The molecule has 1 rings (SSSR count). The van der Waals surface area contributed by atoms with Gasteiger partial charge in [0.2, 0.25) is 0 Å². The number of rotatable bonds is 2. The van der Waals surface area contributed by atoms with E-state index in [-0.39, 0.29) is 5.78 Å². The van der Waals surface area contributed by atoms with Gasteiger partial charge < -0.3 is 0 Å². The zero-order valence-corrected chi connectivity index (χ0v) is 9.31. The molecule has 13 heavy (non-hydrogen) atoms. The maximum atomic E-state index is 11.5. The number of carbonyl (C=O) groups is 1. The number of carbonyl (C=O) groups excluding carboxylic acids is 1. The fourth-order valence-corrected chi connectivity index (χ4v) is 1.28. The summed E-state index contributed by atoms with van der Waals surface area (Å²) in [4.78, 5) is 11.5. The van der Waals surface area contributed by atoms with Crippen LogP contribution in [0.1, 0.15) is 22.8 Å². The number of ketones is 1. The first-order chi connectivity index (χ1) is 6.02. The Kier molecular flexibility index (Phi) is 3.04. The lowest BCUT2D eigenvalue weighted by Crippen LogP contribution is -1.99. The first-order valence-corrected chi connectivity index (χ1v) is 4.78. The SMILES string of the molecule is C=C(C)C(=O)c1ccc(Br)c(C)c1. The van der Waals surface area contributed by atoms with Crippen molar-refractivity contribution >= 4 is 21.7 Å². The summed E-state index contributed by atoms with van der Waals surface area (Å²) in [6, 6.07) is 5.54. The third-order valence-corrected chi connectivity index (χ3v) is 2.70. The van der Waals surface area contributed by atoms with E-state index in [4.69, 9.17) is 0 Å². The van der Waals surface area contributed by atoms with E-state index in [9.17, 15) is 4.79 Å². The largest absolute Gasteiger partial charge is 0.289 e. The van der Waals surface area contributed by atoms with Crippen LogP contribution >= 0.6 is 15.9 Å². The quantitative estimate of drug-likeness (QED) is 0.570. The van der Waals surface area contributed by atoms with Gasteiger partial charge in [-0.3, -0.25) is 4.79 Å². The monoisotopic (exact) mass is 238 g/mol. The lowest BCUT2D eigenvalue weighted by atomic mass is 10.0. The van der Waals surface area contributed by atoms with E-state index < -0.39 is 0 Å². The van der Waals surface area contributed by atoms with E-state index in [1.165, 1.54) is 0 Å². The standard InChI is InChI=1S/C11H11BrO/c1-7(2)11(13)9-4-5-10(12)8(3)6-9/h4-6H,1H2,2-3H3. The number of allylic oxidation sites excluding steroid dienone is 1. The molecule has 68 valence electrons. The lowest BCUT2D eigenvalue weighted by molar-refractivity contribution is 0.103. The number of benzene rings is 1. The van der Waals surface area contributed by atoms with Gasteiger partial charge in [0.05, 0.1) is 0 Å². The van der Waals surface area contributed by atoms with Gasteiger partial charge in [-0.15, -0.1) is 0 Å². The van der Waals surface area contributed by atoms with E-state index in [0.29, 0.717) is 11.1 Å². The molecule has 0 spiro atoms. The molecule has 1 nitrogen and oxygen atoms in total. The molecule has 0 radical (unpaired) electrons. The Hall–Kier alpha value is -0.890. The summed E-state index contributed by atoms with van der Waals surface area (Å²) in [5.41, 5.74) is 2.34. The molecule has 0 aliphatic carbocycles. The molecule has 0 amide bonds. The lowest BCUT2D eigenvalue weighted by Gasteiger charge is -2.02. The highest BCUT2D eigenvalue weighted by molar-refractivity contribution is 9.10. The molecule has 0 saturated carbocycles. The van der Waals surface area contributed by atoms with Gasteiger partial charge in [-0.1, -0.05) is 22.5 Å². The Labute approximate surface area is 86.6 Å². The Balaban J connectivity index is 3.11. The van der Waals surface area contributed by atoms with Crippen LogP contribution in [0.5, 0.6) is 0 Å². The van der Waals surface area contributed by atoms with Crippen molar-refractivity contribution in [1.29, 1.82) is 0 Å². The van der Waals surface area contributed by atoms with Crippen molar-refractivity contribution in [2.45, 2.75) is 13.8 Å². The molecule has 0 atom stereocenters. The summed E-state index contributed by atoms with van der Waals surface area (Å²) in [6.45, 7) is 7.30. The van der Waals surface area contributed by atoms with Crippen molar-refractivity contribution in [3.05, 3.63) is 46.0 Å². The zero-order valence-electron chi connectivity index (χ0n) is 7.73. The first kappa shape index (κ1) is 10.2. The van der Waals surface area contributed by atoms with Crippen molar-refractivity contribution in [1.82, 2.24) is 0 Å². The second-order valence-corrected chi connectivity index (χ2v) is 3.93. The first-order valence-electron chi connectivity index (χ1n) is 3.98. The van der Waals surface area contributed by atoms with Crippen LogP contribution in [0, 0.1) is 6.92 Å². The normalized spacial score (nSPS) is 9.77. The van der Waals surface area contributed by atoms with Gasteiger partial charge >= 0.3 is 0 Å². The van der Waals surface area contributed by atoms with Crippen LogP contribution in [0.15, 0.2) is 34.8 Å². The Morgan fingerprint density at radius 3 is 2.54 bits per heavy atom. The fraction of sp³-hybridized carbons (Fsp3) is 0.182. The van der Waals surface area contributed by atoms with Crippen LogP contribution < -0.4 is 0 Å². The van der Waals surface area contributed by atoms with Crippen molar-refractivity contribution < 1.29 is 4.79 Å². The van der Waals surface area contributed by atoms with Crippen LogP contribution in [0.2, 0.25) is 0 Å². The second-order valence-electron chi connectivity index (χ2n) is 3.07. The third-order valence-electron chi connectivity index (χ3n) is 1.81. The van der Waals surface area contributed by atoms with Gasteiger partial charge in [0, 0.05) is 10.0 Å². The van der Waals surface area contributed by atoms with E-state index in [1.807, 2.05) is 19.1 Å². The summed E-state index contributed by atoms with van der Waals surface area (Å²) < 4.78 is 1.02. The highest BCUT2D eigenvalue weighted by Gasteiger charge is 2.06. The third kappa shape index (κ3) is 2.28. The highest BCUT2D eigenvalue weighted by Crippen LogP contribution is 2.18. The van der Waals surface area contributed by atoms with Crippen LogP contribution in [-0.2, 0) is 0 Å². The van der Waals surface area contributed by atoms with Crippen LogP contribution in [0.3, 0.4) is 0 Å². The van der Waals surface area contributed by atoms with E-state index in [0.717, 1.165) is 10.0 Å². The number of aryl methyl sites for hydroxylation is 1. The minimum atomic E-state index is 0.00981.